The number of hydrogen-bond donors (Lipinski definition) is 1. The number of methoxy groups -OCH3 is 1. The quantitative estimate of drug-likeness (QED) is 0.886. The van der Waals surface area contributed by atoms with Gasteiger partial charge in [0.25, 0.3) is 0 Å². The van der Waals surface area contributed by atoms with Gasteiger partial charge in [0.2, 0.25) is 0 Å². The molecular weight excluding hydrogens is 224 g/mol. The topological polar surface area (TPSA) is 29.5 Å². The highest BCUT2D eigenvalue weighted by atomic mass is 16.5. The lowest BCUT2D eigenvalue weighted by molar-refractivity contribution is 0.00938. The first-order valence-corrected chi connectivity index (χ1v) is 6.94. The summed E-state index contributed by atoms with van der Waals surface area (Å²) in [6.45, 7) is 2.92. The Morgan fingerprint density at radius 3 is 2.67 bits per heavy atom. The summed E-state index contributed by atoms with van der Waals surface area (Å²) in [4.78, 5) is 0. The van der Waals surface area contributed by atoms with Crippen LogP contribution in [0.1, 0.15) is 37.7 Å². The summed E-state index contributed by atoms with van der Waals surface area (Å²) in [5, 5.41) is 10.2. The van der Waals surface area contributed by atoms with Gasteiger partial charge in [-0.2, -0.15) is 0 Å². The van der Waals surface area contributed by atoms with Gasteiger partial charge in [-0.3, -0.25) is 0 Å². The van der Waals surface area contributed by atoms with Gasteiger partial charge in [-0.25, -0.2) is 0 Å². The van der Waals surface area contributed by atoms with Crippen LogP contribution >= 0.6 is 0 Å². The largest absolute Gasteiger partial charge is 0.393 e. The van der Waals surface area contributed by atoms with Gasteiger partial charge < -0.3 is 9.84 Å². The molecule has 0 aromatic heterocycles. The molecule has 1 fully saturated rings. The molecule has 2 rings (SSSR count). The maximum absolute atomic E-state index is 10.2. The number of hydrogen-bond acceptors (Lipinski definition) is 2. The minimum atomic E-state index is -0.157. The molecule has 1 aromatic rings. The van der Waals surface area contributed by atoms with E-state index in [0.717, 1.165) is 25.9 Å². The zero-order valence-corrected chi connectivity index (χ0v) is 11.4. The molecule has 0 amide bonds. The fourth-order valence-corrected chi connectivity index (χ4v) is 3.22. The molecule has 0 bridgehead atoms. The summed E-state index contributed by atoms with van der Waals surface area (Å²) in [7, 11) is 1.74. The van der Waals surface area contributed by atoms with Crippen LogP contribution in [0.3, 0.4) is 0 Å². The summed E-state index contributed by atoms with van der Waals surface area (Å²) in [6, 6.07) is 10.7. The summed E-state index contributed by atoms with van der Waals surface area (Å²) in [6.07, 6.45) is 2.94. The Hall–Kier alpha value is -0.860. The number of aliphatic hydroxyl groups is 1. The van der Waals surface area contributed by atoms with E-state index in [1.807, 2.05) is 0 Å². The summed E-state index contributed by atoms with van der Waals surface area (Å²) in [5.41, 5.74) is 1.42. The van der Waals surface area contributed by atoms with Crippen LogP contribution < -0.4 is 0 Å². The van der Waals surface area contributed by atoms with E-state index in [1.165, 1.54) is 5.56 Å². The van der Waals surface area contributed by atoms with Crippen LogP contribution in [0.4, 0.5) is 0 Å². The zero-order valence-electron chi connectivity index (χ0n) is 11.4. The third kappa shape index (κ3) is 3.12. The Morgan fingerprint density at radius 2 is 2.00 bits per heavy atom. The third-order valence-corrected chi connectivity index (χ3v) is 4.29. The van der Waals surface area contributed by atoms with E-state index < -0.39 is 0 Å². The van der Waals surface area contributed by atoms with Crippen LogP contribution in [0.25, 0.3) is 0 Å². The van der Waals surface area contributed by atoms with Gasteiger partial charge in [0.1, 0.15) is 0 Å². The van der Waals surface area contributed by atoms with Crippen molar-refractivity contribution in [3.8, 4) is 0 Å². The smallest absolute Gasteiger partial charge is 0.0572 e. The van der Waals surface area contributed by atoms with Gasteiger partial charge in [-0.05, 0) is 42.6 Å². The minimum absolute atomic E-state index is 0.157. The average Bonchev–Trinajstić information content (AvgIpc) is 2.40. The monoisotopic (exact) mass is 248 g/mol. The highest BCUT2D eigenvalue weighted by Crippen LogP contribution is 2.39. The predicted octanol–water partition coefficient (Wildman–Crippen LogP) is 3.21. The molecule has 2 nitrogen and oxygen atoms in total. The first-order chi connectivity index (χ1) is 8.72. The molecule has 0 aliphatic heterocycles. The van der Waals surface area contributed by atoms with Crippen molar-refractivity contribution in [3.63, 3.8) is 0 Å². The first kappa shape index (κ1) is 13.6. The summed E-state index contributed by atoms with van der Waals surface area (Å²) in [5.74, 6) is 1.39. The Kier molecular flexibility index (Phi) is 4.79. The Bertz CT molecular complexity index is 349. The maximum atomic E-state index is 10.2. The second-order valence-corrected chi connectivity index (χ2v) is 5.58. The molecule has 2 heteroatoms. The SMILES string of the molecule is COCC(C)C1CC(c2ccccc2)CCC1O. The fraction of sp³-hybridized carbons (Fsp3) is 0.625. The van der Waals surface area contributed by atoms with E-state index in [1.54, 1.807) is 7.11 Å². The fourth-order valence-electron chi connectivity index (χ4n) is 3.22. The van der Waals surface area contributed by atoms with Gasteiger partial charge in [0, 0.05) is 13.7 Å². The van der Waals surface area contributed by atoms with Crippen LogP contribution in [-0.2, 0) is 4.74 Å². The second kappa shape index (κ2) is 6.35. The molecule has 0 saturated heterocycles. The van der Waals surface area contributed by atoms with E-state index in [9.17, 15) is 5.11 Å². The molecule has 1 aromatic carbocycles. The van der Waals surface area contributed by atoms with Crippen molar-refractivity contribution in [2.45, 2.75) is 38.2 Å². The number of aliphatic hydroxyl groups excluding tert-OH is 1. The van der Waals surface area contributed by atoms with Crippen molar-refractivity contribution >= 4 is 0 Å². The molecule has 100 valence electrons. The second-order valence-electron chi connectivity index (χ2n) is 5.58. The van der Waals surface area contributed by atoms with Gasteiger partial charge in [-0.15, -0.1) is 0 Å². The highest BCUT2D eigenvalue weighted by Gasteiger charge is 2.33. The lowest BCUT2D eigenvalue weighted by atomic mass is 9.72. The lowest BCUT2D eigenvalue weighted by Gasteiger charge is -2.37. The van der Waals surface area contributed by atoms with E-state index in [4.69, 9.17) is 4.74 Å². The number of ether oxygens (including phenoxy) is 1. The van der Waals surface area contributed by atoms with E-state index in [2.05, 4.69) is 37.3 Å². The summed E-state index contributed by atoms with van der Waals surface area (Å²) < 4.78 is 5.24. The van der Waals surface area contributed by atoms with Crippen LogP contribution in [0.5, 0.6) is 0 Å². The van der Waals surface area contributed by atoms with Crippen molar-refractivity contribution in [3.05, 3.63) is 35.9 Å². The normalized spacial score (nSPS) is 30.1. The van der Waals surface area contributed by atoms with Crippen LogP contribution in [0.15, 0.2) is 30.3 Å². The molecule has 0 heterocycles. The van der Waals surface area contributed by atoms with Crippen LogP contribution in [0, 0.1) is 11.8 Å². The van der Waals surface area contributed by atoms with Gasteiger partial charge in [-0.1, -0.05) is 37.3 Å². The standard InChI is InChI=1S/C16H24O2/c1-12(11-18-2)15-10-14(8-9-16(15)17)13-6-4-3-5-7-13/h3-7,12,14-17H,8-11H2,1-2H3. The Morgan fingerprint density at radius 1 is 1.28 bits per heavy atom. The van der Waals surface area contributed by atoms with Crippen molar-refractivity contribution < 1.29 is 9.84 Å². The number of benzene rings is 1. The molecule has 4 atom stereocenters. The molecule has 1 aliphatic carbocycles. The van der Waals surface area contributed by atoms with E-state index >= 15 is 0 Å². The van der Waals surface area contributed by atoms with Crippen LogP contribution in [-0.4, -0.2) is 24.9 Å². The van der Waals surface area contributed by atoms with Crippen molar-refractivity contribution in [2.24, 2.45) is 11.8 Å². The molecule has 0 radical (unpaired) electrons. The molecule has 18 heavy (non-hydrogen) atoms. The van der Waals surface area contributed by atoms with Gasteiger partial charge in [0.05, 0.1) is 6.10 Å². The zero-order chi connectivity index (χ0) is 13.0. The highest BCUT2D eigenvalue weighted by molar-refractivity contribution is 5.20. The molecule has 0 spiro atoms. The molecule has 1 N–H and O–H groups in total. The Balaban J connectivity index is 2.04. The van der Waals surface area contributed by atoms with Crippen molar-refractivity contribution in [1.82, 2.24) is 0 Å². The van der Waals surface area contributed by atoms with E-state index in [0.29, 0.717) is 17.8 Å². The molecule has 1 saturated carbocycles. The van der Waals surface area contributed by atoms with Crippen molar-refractivity contribution in [2.75, 3.05) is 13.7 Å². The van der Waals surface area contributed by atoms with Crippen LogP contribution in [0.2, 0.25) is 0 Å². The van der Waals surface area contributed by atoms with E-state index in [-0.39, 0.29) is 6.10 Å². The summed E-state index contributed by atoms with van der Waals surface area (Å²) >= 11 is 0. The van der Waals surface area contributed by atoms with Gasteiger partial charge >= 0.3 is 0 Å². The van der Waals surface area contributed by atoms with Crippen molar-refractivity contribution in [1.29, 1.82) is 0 Å². The lowest BCUT2D eigenvalue weighted by Crippen LogP contribution is -2.34. The molecule has 1 aliphatic rings. The molecular formula is C16H24O2. The number of rotatable bonds is 4. The third-order valence-electron chi connectivity index (χ3n) is 4.29. The predicted molar refractivity (Wildman–Crippen MR) is 73.6 cm³/mol. The Labute approximate surface area is 110 Å². The van der Waals surface area contributed by atoms with Gasteiger partial charge in [0.15, 0.2) is 0 Å². The average molecular weight is 248 g/mol. The maximum Gasteiger partial charge on any atom is 0.0572 e. The first-order valence-electron chi connectivity index (χ1n) is 6.94. The minimum Gasteiger partial charge on any atom is -0.393 e. The molecule has 4 unspecified atom stereocenters.